The first-order valence-electron chi connectivity index (χ1n) is 12.5. The van der Waals surface area contributed by atoms with Gasteiger partial charge in [-0.2, -0.15) is 0 Å². The summed E-state index contributed by atoms with van der Waals surface area (Å²) in [6.45, 7) is 0. The van der Waals surface area contributed by atoms with E-state index in [0.717, 1.165) is 29.4 Å². The molecule has 0 aliphatic heterocycles. The van der Waals surface area contributed by atoms with Crippen molar-refractivity contribution in [2.45, 2.75) is 42.9 Å². The highest BCUT2D eigenvalue weighted by Gasteiger charge is 2.48. The fourth-order valence-electron chi connectivity index (χ4n) is 6.96. The number of sulfonamides is 1. The summed E-state index contributed by atoms with van der Waals surface area (Å²) in [7, 11) is -3.67. The molecule has 0 aromatic heterocycles. The number of rotatable bonds is 6. The summed E-state index contributed by atoms with van der Waals surface area (Å²) >= 11 is 0. The van der Waals surface area contributed by atoms with Gasteiger partial charge in [-0.3, -0.25) is 9.52 Å². The number of nitrogens with one attached hydrogen (secondary N) is 2. The Bertz CT molecular complexity index is 1290. The maximum absolute atomic E-state index is 12.8. The maximum Gasteiger partial charge on any atom is 0.261 e. The van der Waals surface area contributed by atoms with Crippen LogP contribution in [0.4, 0.5) is 11.4 Å². The fraction of sp³-hybridized carbons (Fsp3) is 0.345. The van der Waals surface area contributed by atoms with Gasteiger partial charge in [0.1, 0.15) is 0 Å². The largest absolute Gasteiger partial charge is 0.322 e. The number of carbonyl (C=O) groups is 1. The minimum absolute atomic E-state index is 0.193. The van der Waals surface area contributed by atoms with Gasteiger partial charge in [-0.05, 0) is 116 Å². The van der Waals surface area contributed by atoms with Gasteiger partial charge in [-0.1, -0.05) is 30.3 Å². The molecule has 4 bridgehead atoms. The van der Waals surface area contributed by atoms with Crippen LogP contribution in [0.25, 0.3) is 0 Å². The zero-order valence-electron chi connectivity index (χ0n) is 19.6. The molecule has 180 valence electrons. The van der Waals surface area contributed by atoms with Crippen molar-refractivity contribution in [1.29, 1.82) is 0 Å². The average Bonchev–Trinajstić information content (AvgIpc) is 2.85. The van der Waals surface area contributed by atoms with Crippen molar-refractivity contribution in [3.05, 3.63) is 90.0 Å². The van der Waals surface area contributed by atoms with E-state index in [1.165, 1.54) is 37.7 Å². The number of hydrogen-bond donors (Lipinski definition) is 2. The van der Waals surface area contributed by atoms with Crippen LogP contribution < -0.4 is 10.0 Å². The molecular weight excluding hydrogens is 456 g/mol. The Morgan fingerprint density at radius 1 is 0.686 bits per heavy atom. The van der Waals surface area contributed by atoms with Crippen LogP contribution in [0.2, 0.25) is 0 Å². The molecule has 3 aromatic rings. The second-order valence-electron chi connectivity index (χ2n) is 10.5. The number of benzene rings is 3. The van der Waals surface area contributed by atoms with Gasteiger partial charge in [-0.25, -0.2) is 8.42 Å². The minimum Gasteiger partial charge on any atom is -0.322 e. The van der Waals surface area contributed by atoms with E-state index in [2.05, 4.69) is 22.2 Å². The summed E-state index contributed by atoms with van der Waals surface area (Å²) in [5.74, 6) is 4.07. The van der Waals surface area contributed by atoms with Crippen LogP contribution in [0, 0.1) is 23.7 Å². The normalized spacial score (nSPS) is 26.9. The topological polar surface area (TPSA) is 75.3 Å². The molecule has 0 atom stereocenters. The summed E-state index contributed by atoms with van der Waals surface area (Å²) in [4.78, 5) is 13.0. The Kier molecular flexibility index (Phi) is 5.64. The molecule has 0 radical (unpaired) electrons. The monoisotopic (exact) mass is 486 g/mol. The van der Waals surface area contributed by atoms with E-state index in [-0.39, 0.29) is 10.8 Å². The van der Waals surface area contributed by atoms with E-state index in [0.29, 0.717) is 17.2 Å². The lowest BCUT2D eigenvalue weighted by Crippen LogP contribution is -2.43. The molecule has 4 fully saturated rings. The lowest BCUT2D eigenvalue weighted by Gasteiger charge is -2.54. The number of carbonyl (C=O) groups excluding carboxylic acids is 1. The molecule has 0 unspecified atom stereocenters. The van der Waals surface area contributed by atoms with Crippen molar-refractivity contribution in [3.63, 3.8) is 0 Å². The van der Waals surface area contributed by atoms with Crippen LogP contribution in [0.15, 0.2) is 83.8 Å². The first-order chi connectivity index (χ1) is 16.9. The standard InChI is InChI=1S/C29H30N2O3S/c32-29(22-8-12-26(13-9-22)31-35(33,34)27-4-2-1-3-5-27)30-25-10-6-21(7-11-25)28-23-15-19-14-20(17-23)18-24(28)16-19/h1-13,19-20,23-24,28,31H,14-18H2,(H,30,32). The van der Waals surface area contributed by atoms with E-state index in [9.17, 15) is 13.2 Å². The SMILES string of the molecule is O=C(Nc1ccc(C2C3CC4CC(C3)CC2C4)cc1)c1ccc(NS(=O)(=O)c2ccccc2)cc1. The Labute approximate surface area is 207 Å². The average molecular weight is 487 g/mol. The van der Waals surface area contributed by atoms with Crippen molar-refractivity contribution in [2.24, 2.45) is 23.7 Å². The van der Waals surface area contributed by atoms with E-state index in [4.69, 9.17) is 0 Å². The predicted molar refractivity (Wildman–Crippen MR) is 138 cm³/mol. The van der Waals surface area contributed by atoms with Crippen molar-refractivity contribution < 1.29 is 13.2 Å². The Morgan fingerprint density at radius 2 is 1.26 bits per heavy atom. The van der Waals surface area contributed by atoms with Gasteiger partial charge in [-0.15, -0.1) is 0 Å². The van der Waals surface area contributed by atoms with Crippen molar-refractivity contribution in [3.8, 4) is 0 Å². The predicted octanol–water partition coefficient (Wildman–Crippen LogP) is 6.28. The van der Waals surface area contributed by atoms with Crippen LogP contribution in [0.5, 0.6) is 0 Å². The summed E-state index contributed by atoms with van der Waals surface area (Å²) in [5, 5.41) is 2.97. The molecule has 6 heteroatoms. The zero-order chi connectivity index (χ0) is 24.0. The second kappa shape index (κ2) is 8.83. The molecule has 0 heterocycles. The second-order valence-corrected chi connectivity index (χ2v) is 12.2. The lowest BCUT2D eigenvalue weighted by atomic mass is 9.51. The molecular formula is C29H30N2O3S. The number of amides is 1. The van der Waals surface area contributed by atoms with E-state index in [1.807, 2.05) is 12.1 Å². The van der Waals surface area contributed by atoms with Gasteiger partial charge in [0.2, 0.25) is 0 Å². The third kappa shape index (κ3) is 4.47. The molecule has 5 nitrogen and oxygen atoms in total. The summed E-state index contributed by atoms with van der Waals surface area (Å²) in [6.07, 6.45) is 7.05. The zero-order valence-corrected chi connectivity index (χ0v) is 20.4. The van der Waals surface area contributed by atoms with Crippen molar-refractivity contribution in [2.75, 3.05) is 10.0 Å². The molecule has 4 aliphatic rings. The summed E-state index contributed by atoms with van der Waals surface area (Å²) < 4.78 is 27.5. The molecule has 2 N–H and O–H groups in total. The van der Waals surface area contributed by atoms with Crippen LogP contribution in [-0.2, 0) is 10.0 Å². The van der Waals surface area contributed by atoms with Crippen LogP contribution in [0.3, 0.4) is 0 Å². The first-order valence-corrected chi connectivity index (χ1v) is 14.0. The molecule has 0 saturated heterocycles. The van der Waals surface area contributed by atoms with Crippen molar-refractivity contribution >= 4 is 27.3 Å². The number of anilines is 2. The van der Waals surface area contributed by atoms with Gasteiger partial charge in [0.15, 0.2) is 0 Å². The Morgan fingerprint density at radius 3 is 1.86 bits per heavy atom. The van der Waals surface area contributed by atoms with Gasteiger partial charge in [0, 0.05) is 16.9 Å². The molecule has 35 heavy (non-hydrogen) atoms. The third-order valence-electron chi connectivity index (χ3n) is 8.23. The van der Waals surface area contributed by atoms with Gasteiger partial charge in [0.05, 0.1) is 4.90 Å². The fourth-order valence-corrected chi connectivity index (χ4v) is 8.04. The molecule has 7 rings (SSSR count). The Hall–Kier alpha value is -3.12. The van der Waals surface area contributed by atoms with E-state index >= 15 is 0 Å². The van der Waals surface area contributed by atoms with E-state index < -0.39 is 10.0 Å². The van der Waals surface area contributed by atoms with Crippen LogP contribution >= 0.6 is 0 Å². The quantitative estimate of drug-likeness (QED) is 0.431. The van der Waals surface area contributed by atoms with Crippen LogP contribution in [-0.4, -0.2) is 14.3 Å². The maximum atomic E-state index is 12.8. The van der Waals surface area contributed by atoms with Crippen molar-refractivity contribution in [1.82, 2.24) is 0 Å². The molecule has 4 aliphatic carbocycles. The van der Waals surface area contributed by atoms with E-state index in [1.54, 1.807) is 54.6 Å². The van der Waals surface area contributed by atoms with Gasteiger partial charge >= 0.3 is 0 Å². The first kappa shape index (κ1) is 22.4. The lowest BCUT2D eigenvalue weighted by molar-refractivity contribution is -0.00277. The summed E-state index contributed by atoms with van der Waals surface area (Å²) in [5.41, 5.74) is 3.08. The highest BCUT2D eigenvalue weighted by molar-refractivity contribution is 7.92. The highest BCUT2D eigenvalue weighted by atomic mass is 32.2. The Balaban J connectivity index is 1.10. The van der Waals surface area contributed by atoms with Gasteiger partial charge < -0.3 is 5.32 Å². The van der Waals surface area contributed by atoms with Gasteiger partial charge in [0.25, 0.3) is 15.9 Å². The smallest absolute Gasteiger partial charge is 0.261 e. The molecule has 3 aromatic carbocycles. The summed E-state index contributed by atoms with van der Waals surface area (Å²) in [6, 6.07) is 23.1. The molecule has 1 amide bonds. The molecule has 0 spiro atoms. The number of hydrogen-bond acceptors (Lipinski definition) is 3. The third-order valence-corrected chi connectivity index (χ3v) is 9.63. The highest BCUT2D eigenvalue weighted by Crippen LogP contribution is 2.59. The van der Waals surface area contributed by atoms with Crippen LogP contribution in [0.1, 0.15) is 53.9 Å². The minimum atomic E-state index is -3.67. The molecule has 4 saturated carbocycles.